The molecule has 0 aliphatic rings. The molecule has 1 heterocycles. The Labute approximate surface area is 250 Å². The molecule has 11 N–H and O–H groups in total. The van der Waals surface area contributed by atoms with Crippen LogP contribution in [0, 0.1) is 5.92 Å². The zero-order chi connectivity index (χ0) is 31.2. The van der Waals surface area contributed by atoms with Gasteiger partial charge in [-0.3, -0.25) is 19.4 Å². The number of guanidine groups is 1. The highest BCUT2D eigenvalue weighted by Crippen LogP contribution is 2.19. The minimum Gasteiger partial charge on any atom is -0.480 e. The first-order valence-corrected chi connectivity index (χ1v) is 15.4. The fourth-order valence-corrected chi connectivity index (χ4v) is 4.86. The number of hydrogen-bond donors (Lipinski definition) is 8. The molecule has 5 atom stereocenters. The molecule has 5 unspecified atom stereocenters. The standard InChI is InChI=1S/C28H44N8O5S/c1-4-16(2)23(26(39)35-22(27(40)41)11-13-42-3)36-25(38)21(10-7-12-32-28(30)31)34-24(37)19(29)14-17-15-33-20-9-6-5-8-18(17)20/h5-6,8-9,15-16,19,21-23,33H,4,7,10-14,29H2,1-3H3,(H,34,37)(H,35,39)(H,36,38)(H,40,41)(H4,30,31,32). The van der Waals surface area contributed by atoms with Crippen molar-refractivity contribution in [3.05, 3.63) is 36.0 Å². The van der Waals surface area contributed by atoms with Crippen molar-refractivity contribution in [2.45, 2.75) is 70.1 Å². The molecule has 1 aromatic carbocycles. The molecule has 0 saturated heterocycles. The lowest BCUT2D eigenvalue weighted by molar-refractivity contribution is -0.142. The summed E-state index contributed by atoms with van der Waals surface area (Å²) in [6, 6.07) is 3.56. The first-order chi connectivity index (χ1) is 20.0. The van der Waals surface area contributed by atoms with Gasteiger partial charge in [-0.2, -0.15) is 11.8 Å². The first kappa shape index (κ1) is 34.4. The van der Waals surface area contributed by atoms with Crippen LogP contribution < -0.4 is 33.2 Å². The van der Waals surface area contributed by atoms with Crippen LogP contribution in [0.15, 0.2) is 35.5 Å². The maximum absolute atomic E-state index is 13.5. The van der Waals surface area contributed by atoms with E-state index in [0.717, 1.165) is 16.5 Å². The number of carboxylic acids is 1. The number of carbonyl (C=O) groups is 4. The van der Waals surface area contributed by atoms with E-state index in [1.54, 1.807) is 13.1 Å². The maximum atomic E-state index is 13.5. The number of aromatic nitrogens is 1. The number of carboxylic acid groups (broad SMARTS) is 1. The summed E-state index contributed by atoms with van der Waals surface area (Å²) in [5, 5.41) is 18.5. The average molecular weight is 605 g/mol. The van der Waals surface area contributed by atoms with Crippen LogP contribution in [0.2, 0.25) is 0 Å². The number of para-hydroxylation sites is 1. The Morgan fingerprint density at radius 3 is 2.36 bits per heavy atom. The van der Waals surface area contributed by atoms with Crippen molar-refractivity contribution in [3.8, 4) is 0 Å². The largest absolute Gasteiger partial charge is 0.480 e. The quantitative estimate of drug-likeness (QED) is 0.0669. The van der Waals surface area contributed by atoms with Gasteiger partial charge in [0.2, 0.25) is 17.7 Å². The summed E-state index contributed by atoms with van der Waals surface area (Å²) in [5.41, 5.74) is 18.8. The van der Waals surface area contributed by atoms with Gasteiger partial charge in [0.1, 0.15) is 18.1 Å². The van der Waals surface area contributed by atoms with E-state index >= 15 is 0 Å². The number of thioether (sulfide) groups is 1. The lowest BCUT2D eigenvalue weighted by atomic mass is 9.97. The van der Waals surface area contributed by atoms with E-state index in [4.69, 9.17) is 17.2 Å². The van der Waals surface area contributed by atoms with Crippen molar-refractivity contribution in [1.29, 1.82) is 0 Å². The fraction of sp³-hybridized carbons (Fsp3) is 0.536. The summed E-state index contributed by atoms with van der Waals surface area (Å²) in [7, 11) is 0. The van der Waals surface area contributed by atoms with Crippen LogP contribution in [-0.4, -0.2) is 82.5 Å². The van der Waals surface area contributed by atoms with Crippen molar-refractivity contribution >= 4 is 52.3 Å². The van der Waals surface area contributed by atoms with Crippen LogP contribution in [0.3, 0.4) is 0 Å². The molecule has 0 aliphatic heterocycles. The Morgan fingerprint density at radius 2 is 1.71 bits per heavy atom. The molecule has 2 rings (SSSR count). The molecule has 232 valence electrons. The number of amides is 3. The van der Waals surface area contributed by atoms with E-state index in [0.29, 0.717) is 18.6 Å². The minimum absolute atomic E-state index is 0.0937. The van der Waals surface area contributed by atoms with Gasteiger partial charge < -0.3 is 43.2 Å². The van der Waals surface area contributed by atoms with Crippen molar-refractivity contribution < 1.29 is 24.3 Å². The second-order valence-corrected chi connectivity index (χ2v) is 11.2. The van der Waals surface area contributed by atoms with Crippen molar-refractivity contribution in [1.82, 2.24) is 20.9 Å². The highest BCUT2D eigenvalue weighted by molar-refractivity contribution is 7.98. The predicted octanol–water partition coefficient (Wildman–Crippen LogP) is 0.430. The average Bonchev–Trinajstić information content (AvgIpc) is 3.36. The fourth-order valence-electron chi connectivity index (χ4n) is 4.39. The van der Waals surface area contributed by atoms with Gasteiger partial charge in [-0.15, -0.1) is 0 Å². The molecule has 2 aromatic rings. The zero-order valence-corrected chi connectivity index (χ0v) is 25.2. The highest BCUT2D eigenvalue weighted by Gasteiger charge is 2.32. The molecular formula is C28H44N8O5S. The van der Waals surface area contributed by atoms with Crippen molar-refractivity contribution in [3.63, 3.8) is 0 Å². The molecule has 0 saturated carbocycles. The van der Waals surface area contributed by atoms with Gasteiger partial charge >= 0.3 is 5.97 Å². The number of hydrogen-bond acceptors (Lipinski definition) is 7. The SMILES string of the molecule is CCC(C)C(NC(=O)C(CCCN=C(N)N)NC(=O)C(N)Cc1c[nH]c2ccccc12)C(=O)NC(CCSC)C(=O)O. The second kappa shape index (κ2) is 17.2. The van der Waals surface area contributed by atoms with Crippen LogP contribution >= 0.6 is 11.8 Å². The number of nitrogens with two attached hydrogens (primary N) is 3. The van der Waals surface area contributed by atoms with Gasteiger partial charge in [-0.25, -0.2) is 4.79 Å². The predicted molar refractivity (Wildman–Crippen MR) is 166 cm³/mol. The topological polar surface area (TPSA) is 231 Å². The van der Waals surface area contributed by atoms with E-state index in [9.17, 15) is 24.3 Å². The number of nitrogens with zero attached hydrogens (tertiary/aromatic N) is 1. The number of nitrogens with one attached hydrogen (secondary N) is 4. The Bertz CT molecular complexity index is 1230. The number of benzene rings is 1. The van der Waals surface area contributed by atoms with Crippen LogP contribution in [-0.2, 0) is 25.6 Å². The van der Waals surface area contributed by atoms with Crippen molar-refractivity contribution in [2.75, 3.05) is 18.6 Å². The molecule has 0 fully saturated rings. The Kier molecular flexibility index (Phi) is 14.1. The molecule has 0 radical (unpaired) electrons. The van der Waals surface area contributed by atoms with E-state index in [1.165, 1.54) is 11.8 Å². The summed E-state index contributed by atoms with van der Waals surface area (Å²) < 4.78 is 0. The molecule has 13 nitrogen and oxygen atoms in total. The van der Waals surface area contributed by atoms with Gasteiger partial charge in [-0.1, -0.05) is 38.5 Å². The number of H-pyrrole nitrogens is 1. The van der Waals surface area contributed by atoms with Crippen LogP contribution in [0.25, 0.3) is 10.9 Å². The number of rotatable bonds is 18. The molecule has 0 aliphatic carbocycles. The number of carbonyl (C=O) groups excluding carboxylic acids is 3. The Balaban J connectivity index is 2.18. The summed E-state index contributed by atoms with van der Waals surface area (Å²) >= 11 is 1.47. The molecule has 14 heteroatoms. The second-order valence-electron chi connectivity index (χ2n) is 10.2. The monoisotopic (exact) mass is 604 g/mol. The summed E-state index contributed by atoms with van der Waals surface area (Å²) in [6.45, 7) is 3.87. The van der Waals surface area contributed by atoms with Gasteiger partial charge in [0.25, 0.3) is 0 Å². The third kappa shape index (κ3) is 10.6. The third-order valence-corrected chi connectivity index (χ3v) is 7.69. The van der Waals surface area contributed by atoms with E-state index in [2.05, 4.69) is 25.9 Å². The van der Waals surface area contributed by atoms with Gasteiger partial charge in [-0.05, 0) is 55.2 Å². The van der Waals surface area contributed by atoms with Crippen LogP contribution in [0.1, 0.15) is 45.1 Å². The van der Waals surface area contributed by atoms with E-state index < -0.39 is 47.9 Å². The van der Waals surface area contributed by atoms with E-state index in [1.807, 2.05) is 37.4 Å². The lowest BCUT2D eigenvalue weighted by Gasteiger charge is -2.28. The number of aromatic amines is 1. The molecule has 0 bridgehead atoms. The number of aliphatic carboxylic acids is 1. The molecular weight excluding hydrogens is 560 g/mol. The van der Waals surface area contributed by atoms with Gasteiger partial charge in [0.15, 0.2) is 5.96 Å². The highest BCUT2D eigenvalue weighted by atomic mass is 32.2. The lowest BCUT2D eigenvalue weighted by Crippen LogP contribution is -2.58. The molecule has 0 spiro atoms. The zero-order valence-electron chi connectivity index (χ0n) is 24.4. The Morgan fingerprint density at radius 1 is 1.02 bits per heavy atom. The third-order valence-electron chi connectivity index (χ3n) is 7.05. The van der Waals surface area contributed by atoms with Gasteiger partial charge in [0, 0.05) is 23.6 Å². The smallest absolute Gasteiger partial charge is 0.326 e. The van der Waals surface area contributed by atoms with Crippen LogP contribution in [0.5, 0.6) is 0 Å². The van der Waals surface area contributed by atoms with Gasteiger partial charge in [0.05, 0.1) is 6.04 Å². The normalized spacial score (nSPS) is 14.7. The first-order valence-electron chi connectivity index (χ1n) is 14.0. The minimum atomic E-state index is -1.15. The van der Waals surface area contributed by atoms with E-state index in [-0.39, 0.29) is 37.7 Å². The maximum Gasteiger partial charge on any atom is 0.326 e. The number of fused-ring (bicyclic) bond motifs is 1. The van der Waals surface area contributed by atoms with Crippen molar-refractivity contribution in [2.24, 2.45) is 28.1 Å². The molecule has 3 amide bonds. The summed E-state index contributed by atoms with van der Waals surface area (Å²) in [6.07, 6.45) is 5.20. The Hall–Kier alpha value is -3.78. The molecule has 42 heavy (non-hydrogen) atoms. The number of aliphatic imine (C=N–C) groups is 1. The molecule has 1 aromatic heterocycles. The summed E-state index contributed by atoms with van der Waals surface area (Å²) in [5.74, 6) is -2.75. The van der Waals surface area contributed by atoms with Crippen LogP contribution in [0.4, 0.5) is 0 Å². The summed E-state index contributed by atoms with van der Waals surface area (Å²) in [4.78, 5) is 58.6.